The van der Waals surface area contributed by atoms with E-state index in [2.05, 4.69) is 6.92 Å². The fourth-order valence-electron chi connectivity index (χ4n) is 1.08. The summed E-state index contributed by atoms with van der Waals surface area (Å²) in [5.74, 6) is 0.138. The summed E-state index contributed by atoms with van der Waals surface area (Å²) in [7, 11) is -3.22. The van der Waals surface area contributed by atoms with Gasteiger partial charge in [-0.1, -0.05) is 39.0 Å². The number of hydrogen-bond acceptors (Lipinski definition) is 2. The van der Waals surface area contributed by atoms with Crippen LogP contribution in [-0.4, -0.2) is 14.2 Å². The van der Waals surface area contributed by atoms with Crippen LogP contribution < -0.4 is 5.14 Å². The van der Waals surface area contributed by atoms with E-state index in [9.17, 15) is 8.42 Å². The monoisotopic (exact) mass is 233 g/mol. The minimum absolute atomic E-state index is 0. The average molecular weight is 233 g/mol. The largest absolute Gasteiger partial charge is 0.269 e. The maximum atomic E-state index is 10.5. The SMILES string of the molecule is CCCCCCCCS(N)(=O)=O.F.F. The zero-order valence-corrected chi connectivity index (χ0v) is 9.38. The molecule has 0 amide bonds. The summed E-state index contributed by atoms with van der Waals surface area (Å²) < 4.78 is 21.0. The molecule has 0 heterocycles. The van der Waals surface area contributed by atoms with Crippen molar-refractivity contribution in [2.24, 2.45) is 5.14 Å². The van der Waals surface area contributed by atoms with Crippen LogP contribution in [0.15, 0.2) is 0 Å². The van der Waals surface area contributed by atoms with Gasteiger partial charge in [0.05, 0.1) is 5.75 Å². The van der Waals surface area contributed by atoms with Gasteiger partial charge in [-0.25, -0.2) is 13.6 Å². The second-order valence-electron chi connectivity index (χ2n) is 3.13. The molecule has 2 N–H and O–H groups in total. The number of halogens is 2. The molecule has 0 fully saturated rings. The van der Waals surface area contributed by atoms with Gasteiger partial charge in [0.25, 0.3) is 0 Å². The summed E-state index contributed by atoms with van der Waals surface area (Å²) in [6.45, 7) is 2.16. The number of primary sulfonamides is 1. The molecule has 0 saturated heterocycles. The van der Waals surface area contributed by atoms with Crippen LogP contribution in [0, 0.1) is 0 Å². The van der Waals surface area contributed by atoms with Gasteiger partial charge in [0.2, 0.25) is 10.0 Å². The van der Waals surface area contributed by atoms with Crippen molar-refractivity contribution in [3.8, 4) is 0 Å². The minimum Gasteiger partial charge on any atom is -0.269 e. The van der Waals surface area contributed by atoms with Crippen molar-refractivity contribution in [1.82, 2.24) is 0 Å². The van der Waals surface area contributed by atoms with Gasteiger partial charge in [0, 0.05) is 0 Å². The highest BCUT2D eigenvalue weighted by molar-refractivity contribution is 7.89. The molecule has 0 spiro atoms. The summed E-state index contributed by atoms with van der Waals surface area (Å²) >= 11 is 0. The van der Waals surface area contributed by atoms with Crippen LogP contribution in [0.3, 0.4) is 0 Å². The fraction of sp³-hybridized carbons (Fsp3) is 1.00. The lowest BCUT2D eigenvalue weighted by Crippen LogP contribution is -2.16. The van der Waals surface area contributed by atoms with Crippen molar-refractivity contribution in [2.75, 3.05) is 5.75 Å². The van der Waals surface area contributed by atoms with Crippen LogP contribution in [0.25, 0.3) is 0 Å². The first-order valence-electron chi connectivity index (χ1n) is 4.56. The molecule has 0 atom stereocenters. The van der Waals surface area contributed by atoms with Crippen molar-refractivity contribution >= 4 is 10.0 Å². The molecular formula is C8H21F2NO2S. The van der Waals surface area contributed by atoms with Gasteiger partial charge in [0.15, 0.2) is 0 Å². The summed E-state index contributed by atoms with van der Waals surface area (Å²) in [6.07, 6.45) is 6.49. The Bertz CT molecular complexity index is 196. The van der Waals surface area contributed by atoms with Gasteiger partial charge in [-0.2, -0.15) is 0 Å². The van der Waals surface area contributed by atoms with E-state index in [1.807, 2.05) is 0 Å². The normalized spacial score (nSPS) is 10.1. The number of sulfonamides is 1. The molecule has 0 rings (SSSR count). The van der Waals surface area contributed by atoms with Gasteiger partial charge < -0.3 is 0 Å². The quantitative estimate of drug-likeness (QED) is 0.683. The van der Waals surface area contributed by atoms with Crippen LogP contribution in [0.2, 0.25) is 0 Å². The molecule has 14 heavy (non-hydrogen) atoms. The Labute approximate surface area is 84.9 Å². The van der Waals surface area contributed by atoms with E-state index in [4.69, 9.17) is 5.14 Å². The molecular weight excluding hydrogens is 212 g/mol. The summed E-state index contributed by atoms with van der Waals surface area (Å²) in [4.78, 5) is 0. The first kappa shape index (κ1) is 19.4. The van der Waals surface area contributed by atoms with Gasteiger partial charge >= 0.3 is 0 Å². The number of hydrogen-bond donors (Lipinski definition) is 1. The van der Waals surface area contributed by atoms with Crippen molar-refractivity contribution in [1.29, 1.82) is 0 Å². The van der Waals surface area contributed by atoms with E-state index in [1.54, 1.807) is 0 Å². The third kappa shape index (κ3) is 17.8. The highest BCUT2D eigenvalue weighted by Gasteiger charge is 2.00. The Hall–Kier alpha value is -0.230. The maximum Gasteiger partial charge on any atom is 0.209 e. The highest BCUT2D eigenvalue weighted by atomic mass is 32.2. The smallest absolute Gasteiger partial charge is 0.209 e. The summed E-state index contributed by atoms with van der Waals surface area (Å²) in [5.41, 5.74) is 0. The van der Waals surface area contributed by atoms with Crippen molar-refractivity contribution in [2.45, 2.75) is 45.4 Å². The first-order valence-corrected chi connectivity index (χ1v) is 6.28. The average Bonchev–Trinajstić information content (AvgIpc) is 1.94. The predicted molar refractivity (Wildman–Crippen MR) is 56.4 cm³/mol. The first-order chi connectivity index (χ1) is 5.56. The second kappa shape index (κ2) is 10.8. The zero-order valence-electron chi connectivity index (χ0n) is 8.57. The third-order valence-electron chi connectivity index (χ3n) is 1.78. The Morgan fingerprint density at radius 3 is 1.79 bits per heavy atom. The topological polar surface area (TPSA) is 60.2 Å². The molecule has 0 aromatic heterocycles. The molecule has 0 aliphatic heterocycles. The highest BCUT2D eigenvalue weighted by Crippen LogP contribution is 2.05. The molecule has 3 nitrogen and oxygen atoms in total. The molecule has 0 saturated carbocycles. The molecule has 0 aromatic rings. The molecule has 0 aliphatic rings. The van der Waals surface area contributed by atoms with Crippen LogP contribution >= 0.6 is 0 Å². The Morgan fingerprint density at radius 1 is 0.929 bits per heavy atom. The van der Waals surface area contributed by atoms with Crippen LogP contribution in [0.1, 0.15) is 45.4 Å². The van der Waals surface area contributed by atoms with Crippen molar-refractivity contribution in [3.63, 3.8) is 0 Å². The van der Waals surface area contributed by atoms with Gasteiger partial charge in [-0.3, -0.25) is 9.41 Å². The van der Waals surface area contributed by atoms with Gasteiger partial charge in [-0.05, 0) is 6.42 Å². The van der Waals surface area contributed by atoms with Crippen molar-refractivity contribution < 1.29 is 17.8 Å². The Morgan fingerprint density at radius 2 is 1.36 bits per heavy atom. The lowest BCUT2D eigenvalue weighted by molar-refractivity contribution is 0.585. The Kier molecular flexibility index (Phi) is 15.0. The van der Waals surface area contributed by atoms with E-state index in [0.29, 0.717) is 6.42 Å². The Balaban J connectivity index is -0.000000605. The van der Waals surface area contributed by atoms with E-state index in [0.717, 1.165) is 12.8 Å². The fourth-order valence-corrected chi connectivity index (χ4v) is 1.69. The maximum absolute atomic E-state index is 10.5. The number of unbranched alkanes of at least 4 members (excludes halogenated alkanes) is 5. The molecule has 0 radical (unpaired) electrons. The number of rotatable bonds is 7. The van der Waals surface area contributed by atoms with E-state index < -0.39 is 10.0 Å². The van der Waals surface area contributed by atoms with Crippen LogP contribution in [-0.2, 0) is 10.0 Å². The summed E-state index contributed by atoms with van der Waals surface area (Å²) in [6, 6.07) is 0. The lowest BCUT2D eigenvalue weighted by atomic mass is 10.1. The van der Waals surface area contributed by atoms with E-state index >= 15 is 0 Å². The van der Waals surface area contributed by atoms with Crippen LogP contribution in [0.5, 0.6) is 0 Å². The van der Waals surface area contributed by atoms with E-state index in [-0.39, 0.29) is 15.2 Å². The lowest BCUT2D eigenvalue weighted by Gasteiger charge is -1.98. The van der Waals surface area contributed by atoms with E-state index in [1.165, 1.54) is 19.3 Å². The van der Waals surface area contributed by atoms with Gasteiger partial charge in [0.1, 0.15) is 0 Å². The molecule has 0 aliphatic carbocycles. The summed E-state index contributed by atoms with van der Waals surface area (Å²) in [5, 5.41) is 4.85. The predicted octanol–water partition coefficient (Wildman–Crippen LogP) is 1.94. The molecule has 90 valence electrons. The standard InChI is InChI=1S/C8H19NO2S.2FH/c1-2-3-4-5-6-7-8-12(9,10)11;;/h2-8H2,1H3,(H2,9,10,11);2*1H. The second-order valence-corrected chi connectivity index (χ2v) is 4.87. The molecule has 0 aromatic carbocycles. The zero-order chi connectivity index (χ0) is 9.45. The molecule has 6 heteroatoms. The van der Waals surface area contributed by atoms with Gasteiger partial charge in [-0.15, -0.1) is 0 Å². The van der Waals surface area contributed by atoms with Crippen LogP contribution in [0.4, 0.5) is 9.41 Å². The minimum atomic E-state index is -3.22. The van der Waals surface area contributed by atoms with Crippen molar-refractivity contribution in [3.05, 3.63) is 0 Å². The number of nitrogens with two attached hydrogens (primary N) is 1. The third-order valence-corrected chi connectivity index (χ3v) is 2.64. The molecule has 0 unspecified atom stereocenters. The molecule has 0 bridgehead atoms.